The van der Waals surface area contributed by atoms with Gasteiger partial charge in [0.25, 0.3) is 11.4 Å². The molecular formula is C15H9N3O5. The summed E-state index contributed by atoms with van der Waals surface area (Å²) in [5, 5.41) is 24.5. The molecule has 8 heteroatoms. The Morgan fingerprint density at radius 1 is 0.957 bits per heavy atom. The molecule has 1 N–H and O–H groups in total. The van der Waals surface area contributed by atoms with E-state index in [0.717, 1.165) is 0 Å². The number of nitrogens with one attached hydrogen (secondary N) is 1. The number of rotatable bonds is 3. The Morgan fingerprint density at radius 3 is 2.26 bits per heavy atom. The Hall–Kier alpha value is -3.55. The Morgan fingerprint density at radius 2 is 1.65 bits per heavy atom. The summed E-state index contributed by atoms with van der Waals surface area (Å²) in [5.74, 6) is -0.481. The number of benzene rings is 2. The van der Waals surface area contributed by atoms with Gasteiger partial charge in [-0.1, -0.05) is 6.07 Å². The van der Waals surface area contributed by atoms with Gasteiger partial charge in [-0.2, -0.15) is 0 Å². The number of nitro benzene ring substituents is 2. The Balaban J connectivity index is 1.97. The monoisotopic (exact) mass is 311 g/mol. The van der Waals surface area contributed by atoms with Crippen LogP contribution in [0.15, 0.2) is 48.2 Å². The first-order valence-corrected chi connectivity index (χ1v) is 6.52. The topological polar surface area (TPSA) is 115 Å². The largest absolute Gasteiger partial charge is 0.351 e. The smallest absolute Gasteiger partial charge is 0.282 e. The second-order valence-corrected chi connectivity index (χ2v) is 4.82. The molecule has 1 aliphatic rings. The minimum absolute atomic E-state index is 0.0191. The second-order valence-electron chi connectivity index (χ2n) is 4.82. The van der Waals surface area contributed by atoms with Crippen molar-refractivity contribution in [2.75, 3.05) is 5.32 Å². The van der Waals surface area contributed by atoms with Crippen molar-refractivity contribution >= 4 is 28.9 Å². The molecule has 114 valence electrons. The average molecular weight is 311 g/mol. The lowest BCUT2D eigenvalue weighted by atomic mass is 10.1. The summed E-state index contributed by atoms with van der Waals surface area (Å²) in [4.78, 5) is 32.9. The number of allylic oxidation sites excluding steroid dienone is 1. The first-order chi connectivity index (χ1) is 11.0. The van der Waals surface area contributed by atoms with Crippen LogP contribution in [0.1, 0.15) is 15.9 Å². The molecular weight excluding hydrogens is 302 g/mol. The highest BCUT2D eigenvalue weighted by atomic mass is 16.6. The van der Waals surface area contributed by atoms with Gasteiger partial charge in [0.1, 0.15) is 5.56 Å². The molecule has 0 saturated carbocycles. The van der Waals surface area contributed by atoms with Gasteiger partial charge in [-0.05, 0) is 29.8 Å². The van der Waals surface area contributed by atoms with E-state index in [2.05, 4.69) is 5.32 Å². The normalized spacial score (nSPS) is 14.4. The lowest BCUT2D eigenvalue weighted by Crippen LogP contribution is -2.02. The zero-order valence-electron chi connectivity index (χ0n) is 11.6. The summed E-state index contributed by atoms with van der Waals surface area (Å²) in [7, 11) is 0. The zero-order valence-corrected chi connectivity index (χ0v) is 11.6. The quantitative estimate of drug-likeness (QED) is 0.529. The van der Waals surface area contributed by atoms with Gasteiger partial charge in [0.2, 0.25) is 5.78 Å². The molecule has 1 aliphatic heterocycles. The molecule has 0 saturated heterocycles. The minimum atomic E-state index is -0.604. The van der Waals surface area contributed by atoms with Crippen LogP contribution in [0, 0.1) is 20.2 Å². The summed E-state index contributed by atoms with van der Waals surface area (Å²) < 4.78 is 0. The third kappa shape index (κ3) is 2.53. The molecule has 1 heterocycles. The predicted octanol–water partition coefficient (Wildman–Crippen LogP) is 3.15. The number of fused-ring (bicyclic) bond motifs is 1. The van der Waals surface area contributed by atoms with Crippen LogP contribution in [0.25, 0.3) is 6.08 Å². The van der Waals surface area contributed by atoms with Crippen molar-refractivity contribution in [3.8, 4) is 0 Å². The fourth-order valence-electron chi connectivity index (χ4n) is 2.33. The molecule has 2 aromatic carbocycles. The number of nitrogens with zero attached hydrogens (tertiary/aromatic N) is 2. The van der Waals surface area contributed by atoms with Crippen LogP contribution in [-0.4, -0.2) is 15.6 Å². The van der Waals surface area contributed by atoms with Crippen LogP contribution in [0.3, 0.4) is 0 Å². The average Bonchev–Trinajstić information content (AvgIpc) is 2.84. The molecule has 0 radical (unpaired) electrons. The Kier molecular flexibility index (Phi) is 3.34. The van der Waals surface area contributed by atoms with E-state index in [-0.39, 0.29) is 22.6 Å². The van der Waals surface area contributed by atoms with Crippen LogP contribution >= 0.6 is 0 Å². The molecule has 0 unspecified atom stereocenters. The van der Waals surface area contributed by atoms with Crippen LogP contribution < -0.4 is 5.32 Å². The minimum Gasteiger partial charge on any atom is -0.351 e. The highest BCUT2D eigenvalue weighted by Gasteiger charge is 2.32. The molecule has 0 fully saturated rings. The van der Waals surface area contributed by atoms with Crippen molar-refractivity contribution in [1.29, 1.82) is 0 Å². The van der Waals surface area contributed by atoms with Crippen LogP contribution in [0.5, 0.6) is 0 Å². The molecule has 0 aliphatic carbocycles. The zero-order chi connectivity index (χ0) is 16.6. The van der Waals surface area contributed by atoms with Crippen LogP contribution in [-0.2, 0) is 0 Å². The highest BCUT2D eigenvalue weighted by molar-refractivity contribution is 6.22. The van der Waals surface area contributed by atoms with E-state index in [9.17, 15) is 25.0 Å². The van der Waals surface area contributed by atoms with Crippen molar-refractivity contribution in [3.63, 3.8) is 0 Å². The van der Waals surface area contributed by atoms with Crippen molar-refractivity contribution in [3.05, 3.63) is 79.5 Å². The molecule has 2 aromatic rings. The Bertz CT molecular complexity index is 871. The van der Waals surface area contributed by atoms with Gasteiger partial charge in [-0.25, -0.2) is 0 Å². The van der Waals surface area contributed by atoms with Crippen LogP contribution in [0.2, 0.25) is 0 Å². The standard InChI is InChI=1S/C15H9N3O5/c19-15-12(8-9-4-6-10(7-5-9)17(20)21)16-11-2-1-3-13(14(11)15)18(22)23/h1-8,16H. The summed E-state index contributed by atoms with van der Waals surface area (Å²) in [5.41, 5.74) is 0.831. The first kappa shape index (κ1) is 14.4. The van der Waals surface area contributed by atoms with Gasteiger partial charge < -0.3 is 5.32 Å². The third-order valence-electron chi connectivity index (χ3n) is 3.40. The number of hydrogen-bond acceptors (Lipinski definition) is 6. The van der Waals surface area contributed by atoms with Gasteiger partial charge in [0.05, 0.1) is 21.2 Å². The van der Waals surface area contributed by atoms with Gasteiger partial charge in [-0.15, -0.1) is 0 Å². The number of anilines is 1. The number of hydrogen-bond donors (Lipinski definition) is 1. The number of nitro groups is 2. The maximum atomic E-state index is 12.4. The van der Waals surface area contributed by atoms with Crippen LogP contribution in [0.4, 0.5) is 17.1 Å². The van der Waals surface area contributed by atoms with E-state index in [1.54, 1.807) is 6.07 Å². The van der Waals surface area contributed by atoms with E-state index < -0.39 is 15.6 Å². The predicted molar refractivity (Wildman–Crippen MR) is 82.1 cm³/mol. The van der Waals surface area contributed by atoms with Gasteiger partial charge >= 0.3 is 0 Å². The third-order valence-corrected chi connectivity index (χ3v) is 3.40. The molecule has 0 atom stereocenters. The first-order valence-electron chi connectivity index (χ1n) is 6.52. The highest BCUT2D eigenvalue weighted by Crippen LogP contribution is 2.35. The van der Waals surface area contributed by atoms with Crippen molar-refractivity contribution in [1.82, 2.24) is 0 Å². The number of non-ortho nitro benzene ring substituents is 1. The van der Waals surface area contributed by atoms with E-state index in [0.29, 0.717) is 11.3 Å². The maximum Gasteiger partial charge on any atom is 0.282 e. The number of carbonyl (C=O) groups excluding carboxylic acids is 1. The van der Waals surface area contributed by atoms with Gasteiger partial charge in [0.15, 0.2) is 0 Å². The van der Waals surface area contributed by atoms with E-state index in [4.69, 9.17) is 0 Å². The van der Waals surface area contributed by atoms with Gasteiger partial charge in [-0.3, -0.25) is 25.0 Å². The fourth-order valence-corrected chi connectivity index (χ4v) is 2.33. The lowest BCUT2D eigenvalue weighted by Gasteiger charge is -1.99. The Labute approximate surface area is 129 Å². The second kappa shape index (κ2) is 5.34. The molecule has 0 bridgehead atoms. The summed E-state index contributed by atoms with van der Waals surface area (Å²) in [6, 6.07) is 9.98. The van der Waals surface area contributed by atoms with Gasteiger partial charge in [0, 0.05) is 18.2 Å². The molecule has 3 rings (SSSR count). The molecule has 8 nitrogen and oxygen atoms in total. The fraction of sp³-hybridized carbons (Fsp3) is 0. The number of Topliss-reactive ketones (excluding diaryl/α,β-unsaturated/α-hetero) is 1. The van der Waals surface area contributed by atoms with E-state index in [1.807, 2.05) is 0 Å². The molecule has 23 heavy (non-hydrogen) atoms. The maximum absolute atomic E-state index is 12.4. The lowest BCUT2D eigenvalue weighted by molar-refractivity contribution is -0.385. The number of carbonyl (C=O) groups is 1. The van der Waals surface area contributed by atoms with Crippen molar-refractivity contribution < 1.29 is 14.6 Å². The molecule has 0 aromatic heterocycles. The van der Waals surface area contributed by atoms with E-state index >= 15 is 0 Å². The molecule has 0 amide bonds. The summed E-state index contributed by atoms with van der Waals surface area (Å²) in [6.45, 7) is 0. The van der Waals surface area contributed by atoms with Crippen molar-refractivity contribution in [2.45, 2.75) is 0 Å². The molecule has 0 spiro atoms. The van der Waals surface area contributed by atoms with E-state index in [1.165, 1.54) is 42.5 Å². The summed E-state index contributed by atoms with van der Waals surface area (Å²) >= 11 is 0. The summed E-state index contributed by atoms with van der Waals surface area (Å²) in [6.07, 6.45) is 1.50. The number of ketones is 1. The van der Waals surface area contributed by atoms with Crippen molar-refractivity contribution in [2.24, 2.45) is 0 Å². The SMILES string of the molecule is O=C1C(=Cc2ccc([N+](=O)[O-])cc2)Nc2cccc([N+](=O)[O-])c21.